The van der Waals surface area contributed by atoms with Gasteiger partial charge in [-0.25, -0.2) is 24.7 Å². The van der Waals surface area contributed by atoms with E-state index in [4.69, 9.17) is 9.72 Å². The summed E-state index contributed by atoms with van der Waals surface area (Å²) in [5.41, 5.74) is 6.34. The molecule has 4 heterocycles. The van der Waals surface area contributed by atoms with Gasteiger partial charge in [0.2, 0.25) is 5.95 Å². The number of piperazine rings is 1. The van der Waals surface area contributed by atoms with Gasteiger partial charge in [0.05, 0.1) is 21.4 Å². The number of thiazole rings is 1. The Labute approximate surface area is 220 Å². The minimum Gasteiger partial charge on any atom is -0.444 e. The molecule has 1 aliphatic heterocycles. The topological polar surface area (TPSA) is 96.4 Å². The molecule has 0 radical (unpaired) electrons. The number of carbonyl (C=O) groups excluding carboxylic acids is 1. The maximum Gasteiger partial charge on any atom is 0.410 e. The zero-order valence-electron chi connectivity index (χ0n) is 21.6. The molecule has 1 amide bonds. The van der Waals surface area contributed by atoms with Gasteiger partial charge in [-0.15, -0.1) is 11.3 Å². The molecule has 10 heteroatoms. The van der Waals surface area contributed by atoms with Crippen LogP contribution in [0.1, 0.15) is 31.9 Å². The quantitative estimate of drug-likeness (QED) is 0.383. The van der Waals surface area contributed by atoms with Crippen molar-refractivity contribution in [2.24, 2.45) is 0 Å². The first-order chi connectivity index (χ1) is 17.7. The van der Waals surface area contributed by atoms with E-state index >= 15 is 0 Å². The smallest absolute Gasteiger partial charge is 0.410 e. The van der Waals surface area contributed by atoms with Gasteiger partial charge in [-0.05, 0) is 57.0 Å². The number of rotatable bonds is 5. The van der Waals surface area contributed by atoms with Crippen molar-refractivity contribution in [2.45, 2.75) is 39.8 Å². The van der Waals surface area contributed by atoms with Gasteiger partial charge in [0.15, 0.2) is 0 Å². The molecule has 1 fully saturated rings. The molecule has 0 atom stereocenters. The third-order valence-electron chi connectivity index (χ3n) is 6.07. The molecule has 0 unspecified atom stereocenters. The molecular weight excluding hydrogens is 486 g/mol. The molecule has 3 aromatic heterocycles. The number of carbonyl (C=O) groups is 1. The van der Waals surface area contributed by atoms with Crippen molar-refractivity contribution >= 4 is 39.4 Å². The largest absolute Gasteiger partial charge is 0.444 e. The molecule has 9 nitrogen and oxygen atoms in total. The highest BCUT2D eigenvalue weighted by Crippen LogP contribution is 2.27. The van der Waals surface area contributed by atoms with E-state index in [-0.39, 0.29) is 6.09 Å². The summed E-state index contributed by atoms with van der Waals surface area (Å²) < 4.78 is 6.64. The number of benzene rings is 1. The van der Waals surface area contributed by atoms with Crippen LogP contribution in [0.4, 0.5) is 16.6 Å². The lowest BCUT2D eigenvalue weighted by Gasteiger charge is -2.35. The lowest BCUT2D eigenvalue weighted by atomic mass is 10.1. The Hall–Kier alpha value is -3.63. The minimum atomic E-state index is -0.475. The standard InChI is InChI=1S/C27H31N7O2S/c1-18-14-29-25(32-24(18)20-6-7-22-21(13-20)30-17-37-22)31-23-8-5-19(15-28-23)16-33-9-11-34(12-10-33)26(35)36-27(2,3)4/h5-8,13-15,17H,9-12,16H2,1-4H3,(H,28,29,31,32). The van der Waals surface area contributed by atoms with E-state index in [9.17, 15) is 4.79 Å². The lowest BCUT2D eigenvalue weighted by molar-refractivity contribution is 0.0139. The van der Waals surface area contributed by atoms with Crippen LogP contribution in [0.3, 0.4) is 0 Å². The average Bonchev–Trinajstić information content (AvgIpc) is 3.34. The first-order valence-electron chi connectivity index (χ1n) is 12.3. The molecular formula is C27H31N7O2S. The highest BCUT2D eigenvalue weighted by molar-refractivity contribution is 7.16. The highest BCUT2D eigenvalue weighted by Gasteiger charge is 2.25. The fourth-order valence-corrected chi connectivity index (χ4v) is 4.84. The van der Waals surface area contributed by atoms with E-state index in [0.717, 1.165) is 52.2 Å². The summed E-state index contributed by atoms with van der Waals surface area (Å²) in [7, 11) is 0. The number of amides is 1. The number of aryl methyl sites for hydroxylation is 1. The number of ether oxygens (including phenoxy) is 1. The van der Waals surface area contributed by atoms with E-state index < -0.39 is 5.60 Å². The number of nitrogens with zero attached hydrogens (tertiary/aromatic N) is 6. The van der Waals surface area contributed by atoms with Crippen LogP contribution < -0.4 is 5.32 Å². The van der Waals surface area contributed by atoms with Crippen LogP contribution in [0.15, 0.2) is 48.2 Å². The van der Waals surface area contributed by atoms with E-state index in [2.05, 4.69) is 49.4 Å². The summed E-state index contributed by atoms with van der Waals surface area (Å²) in [6.07, 6.45) is 3.45. The van der Waals surface area contributed by atoms with Crippen molar-refractivity contribution in [1.29, 1.82) is 0 Å². The van der Waals surface area contributed by atoms with Crippen LogP contribution in [0, 0.1) is 6.92 Å². The maximum atomic E-state index is 12.3. The molecule has 4 aromatic rings. The van der Waals surface area contributed by atoms with E-state index in [0.29, 0.717) is 24.9 Å². The van der Waals surface area contributed by atoms with Crippen LogP contribution in [0.5, 0.6) is 0 Å². The van der Waals surface area contributed by atoms with Gasteiger partial charge in [0, 0.05) is 50.7 Å². The van der Waals surface area contributed by atoms with Gasteiger partial charge in [0.1, 0.15) is 11.4 Å². The number of hydrogen-bond donors (Lipinski definition) is 1. The normalized spacial score (nSPS) is 14.6. The molecule has 192 valence electrons. The first kappa shape index (κ1) is 25.0. The SMILES string of the molecule is Cc1cnc(Nc2ccc(CN3CCN(C(=O)OC(C)(C)C)CC3)cn2)nc1-c1ccc2scnc2c1. The second-order valence-electron chi connectivity index (χ2n) is 10.2. The highest BCUT2D eigenvalue weighted by atomic mass is 32.1. The monoisotopic (exact) mass is 517 g/mol. The van der Waals surface area contributed by atoms with Crippen LogP contribution in [-0.2, 0) is 11.3 Å². The Morgan fingerprint density at radius 2 is 1.86 bits per heavy atom. The molecule has 37 heavy (non-hydrogen) atoms. The Morgan fingerprint density at radius 1 is 1.05 bits per heavy atom. The predicted molar refractivity (Wildman–Crippen MR) is 146 cm³/mol. The third-order valence-corrected chi connectivity index (χ3v) is 6.88. The minimum absolute atomic E-state index is 0.241. The van der Waals surface area contributed by atoms with Gasteiger partial charge in [-0.3, -0.25) is 4.90 Å². The Bertz CT molecular complexity index is 1390. The van der Waals surface area contributed by atoms with E-state index in [1.165, 1.54) is 0 Å². The number of pyridine rings is 1. The molecule has 1 aromatic carbocycles. The summed E-state index contributed by atoms with van der Waals surface area (Å²) in [4.78, 5) is 34.6. The fraction of sp³-hybridized carbons (Fsp3) is 0.370. The van der Waals surface area contributed by atoms with Crippen molar-refractivity contribution in [3.05, 3.63) is 59.4 Å². The van der Waals surface area contributed by atoms with Crippen molar-refractivity contribution in [3.63, 3.8) is 0 Å². The summed E-state index contributed by atoms with van der Waals surface area (Å²) in [6.45, 7) is 11.4. The summed E-state index contributed by atoms with van der Waals surface area (Å²) in [5.74, 6) is 1.18. The number of fused-ring (bicyclic) bond motifs is 1. The Balaban J connectivity index is 1.19. The number of hydrogen-bond acceptors (Lipinski definition) is 9. The second-order valence-corrected chi connectivity index (χ2v) is 11.1. The molecule has 0 saturated carbocycles. The van der Waals surface area contributed by atoms with Gasteiger partial charge >= 0.3 is 6.09 Å². The number of aromatic nitrogens is 4. The average molecular weight is 518 g/mol. The van der Waals surface area contributed by atoms with E-state index in [1.54, 1.807) is 16.2 Å². The zero-order valence-corrected chi connectivity index (χ0v) is 22.4. The van der Waals surface area contributed by atoms with Crippen molar-refractivity contribution in [1.82, 2.24) is 29.7 Å². The van der Waals surface area contributed by atoms with Gasteiger partial charge in [-0.1, -0.05) is 12.1 Å². The Kier molecular flexibility index (Phi) is 7.03. The Morgan fingerprint density at radius 3 is 2.59 bits per heavy atom. The van der Waals surface area contributed by atoms with Crippen molar-refractivity contribution in [2.75, 3.05) is 31.5 Å². The summed E-state index contributed by atoms with van der Waals surface area (Å²) in [6, 6.07) is 10.2. The summed E-state index contributed by atoms with van der Waals surface area (Å²) in [5, 5.41) is 3.22. The van der Waals surface area contributed by atoms with Crippen LogP contribution in [0.2, 0.25) is 0 Å². The van der Waals surface area contributed by atoms with E-state index in [1.807, 2.05) is 51.7 Å². The van der Waals surface area contributed by atoms with Gasteiger partial charge in [0.25, 0.3) is 0 Å². The molecule has 1 N–H and O–H groups in total. The van der Waals surface area contributed by atoms with Gasteiger partial charge in [-0.2, -0.15) is 0 Å². The van der Waals surface area contributed by atoms with Crippen LogP contribution in [-0.4, -0.2) is 67.6 Å². The molecule has 1 aliphatic rings. The summed E-state index contributed by atoms with van der Waals surface area (Å²) >= 11 is 1.63. The third kappa shape index (κ3) is 6.20. The van der Waals surface area contributed by atoms with Crippen LogP contribution in [0.25, 0.3) is 21.5 Å². The molecule has 0 bridgehead atoms. The lowest BCUT2D eigenvalue weighted by Crippen LogP contribution is -2.49. The van der Waals surface area contributed by atoms with Crippen LogP contribution >= 0.6 is 11.3 Å². The number of anilines is 2. The maximum absolute atomic E-state index is 12.3. The number of nitrogens with one attached hydrogen (secondary N) is 1. The first-order valence-corrected chi connectivity index (χ1v) is 13.2. The molecule has 5 rings (SSSR count). The zero-order chi connectivity index (χ0) is 26.0. The predicted octanol–water partition coefficient (Wildman–Crippen LogP) is 5.25. The van der Waals surface area contributed by atoms with Gasteiger partial charge < -0.3 is 15.0 Å². The van der Waals surface area contributed by atoms with Crippen molar-refractivity contribution in [3.8, 4) is 11.3 Å². The molecule has 1 saturated heterocycles. The molecule has 0 aliphatic carbocycles. The second kappa shape index (κ2) is 10.4. The molecule has 0 spiro atoms. The van der Waals surface area contributed by atoms with Crippen molar-refractivity contribution < 1.29 is 9.53 Å². The fourth-order valence-electron chi connectivity index (χ4n) is 4.18.